The molecular formula is C13H14N2O. The highest BCUT2D eigenvalue weighted by Gasteiger charge is 2.11. The Kier molecular flexibility index (Phi) is 2.86. The topological polar surface area (TPSA) is 45.8 Å². The number of hydrogen-bond acceptors (Lipinski definition) is 2. The Morgan fingerprint density at radius 3 is 2.88 bits per heavy atom. The van der Waals surface area contributed by atoms with Gasteiger partial charge in [0, 0.05) is 18.0 Å². The van der Waals surface area contributed by atoms with Crippen molar-refractivity contribution in [2.24, 2.45) is 0 Å². The molecule has 1 aromatic carbocycles. The van der Waals surface area contributed by atoms with E-state index in [1.165, 1.54) is 0 Å². The van der Waals surface area contributed by atoms with Gasteiger partial charge < -0.3 is 4.98 Å². The minimum absolute atomic E-state index is 0.108. The standard InChI is InChI=1S/C13H14N2O/c1-9-4-3-5-11(10(9)2)12(16)8-13-14-6-7-15-13/h3-7H,8H2,1-2H3,(H,14,15). The molecule has 3 heteroatoms. The van der Waals surface area contributed by atoms with Gasteiger partial charge >= 0.3 is 0 Å². The highest BCUT2D eigenvalue weighted by atomic mass is 16.1. The maximum atomic E-state index is 12.0. The van der Waals surface area contributed by atoms with Crippen LogP contribution in [0.4, 0.5) is 0 Å². The molecule has 3 nitrogen and oxygen atoms in total. The zero-order valence-corrected chi connectivity index (χ0v) is 9.45. The van der Waals surface area contributed by atoms with E-state index in [0.29, 0.717) is 12.2 Å². The summed E-state index contributed by atoms with van der Waals surface area (Å²) in [6.07, 6.45) is 3.72. The van der Waals surface area contributed by atoms with Crippen LogP contribution >= 0.6 is 0 Å². The van der Waals surface area contributed by atoms with Gasteiger partial charge in [0.1, 0.15) is 5.82 Å². The van der Waals surface area contributed by atoms with Crippen LogP contribution in [-0.4, -0.2) is 15.8 Å². The summed E-state index contributed by atoms with van der Waals surface area (Å²) in [6.45, 7) is 3.99. The summed E-state index contributed by atoms with van der Waals surface area (Å²) in [5.41, 5.74) is 2.99. The van der Waals surface area contributed by atoms with Crippen molar-refractivity contribution in [3.05, 3.63) is 53.1 Å². The first kappa shape index (κ1) is 10.6. The van der Waals surface area contributed by atoms with Gasteiger partial charge in [-0.3, -0.25) is 4.79 Å². The second-order valence-corrected chi connectivity index (χ2v) is 3.88. The third-order valence-corrected chi connectivity index (χ3v) is 2.79. The predicted octanol–water partition coefficient (Wildman–Crippen LogP) is 2.45. The van der Waals surface area contributed by atoms with Gasteiger partial charge in [0.2, 0.25) is 0 Å². The summed E-state index contributed by atoms with van der Waals surface area (Å²) >= 11 is 0. The van der Waals surface area contributed by atoms with Crippen molar-refractivity contribution in [3.63, 3.8) is 0 Å². The fourth-order valence-electron chi connectivity index (χ4n) is 1.70. The van der Waals surface area contributed by atoms with Crippen LogP contribution in [-0.2, 0) is 6.42 Å². The Balaban J connectivity index is 2.24. The van der Waals surface area contributed by atoms with Crippen molar-refractivity contribution in [1.82, 2.24) is 9.97 Å². The molecule has 16 heavy (non-hydrogen) atoms. The van der Waals surface area contributed by atoms with E-state index in [9.17, 15) is 4.79 Å². The molecule has 1 heterocycles. The molecule has 2 rings (SSSR count). The van der Waals surface area contributed by atoms with Crippen molar-refractivity contribution in [2.75, 3.05) is 0 Å². The number of imidazole rings is 1. The smallest absolute Gasteiger partial charge is 0.170 e. The lowest BCUT2D eigenvalue weighted by Gasteiger charge is -2.06. The van der Waals surface area contributed by atoms with Gasteiger partial charge in [-0.05, 0) is 25.0 Å². The number of aromatic amines is 1. The number of hydrogen-bond donors (Lipinski definition) is 1. The Morgan fingerprint density at radius 1 is 1.38 bits per heavy atom. The number of H-pyrrole nitrogens is 1. The van der Waals surface area contributed by atoms with E-state index >= 15 is 0 Å². The Labute approximate surface area is 94.5 Å². The van der Waals surface area contributed by atoms with Gasteiger partial charge in [0.05, 0.1) is 6.42 Å². The molecule has 0 aliphatic rings. The van der Waals surface area contributed by atoms with Crippen molar-refractivity contribution in [2.45, 2.75) is 20.3 Å². The Morgan fingerprint density at radius 2 is 2.19 bits per heavy atom. The normalized spacial score (nSPS) is 10.4. The quantitative estimate of drug-likeness (QED) is 0.798. The van der Waals surface area contributed by atoms with E-state index in [2.05, 4.69) is 9.97 Å². The van der Waals surface area contributed by atoms with Gasteiger partial charge in [0.15, 0.2) is 5.78 Å². The second kappa shape index (κ2) is 4.31. The number of ketones is 1. The zero-order valence-electron chi connectivity index (χ0n) is 9.45. The summed E-state index contributed by atoms with van der Waals surface area (Å²) in [5, 5.41) is 0. The summed E-state index contributed by atoms with van der Waals surface area (Å²) in [7, 11) is 0. The molecule has 0 unspecified atom stereocenters. The number of aryl methyl sites for hydroxylation is 1. The van der Waals surface area contributed by atoms with E-state index in [0.717, 1.165) is 16.7 Å². The number of nitrogens with one attached hydrogen (secondary N) is 1. The minimum atomic E-state index is 0.108. The number of Topliss-reactive ketones (excluding diaryl/α,β-unsaturated/α-hetero) is 1. The summed E-state index contributed by atoms with van der Waals surface area (Å²) in [4.78, 5) is 19.0. The summed E-state index contributed by atoms with van der Waals surface area (Å²) < 4.78 is 0. The average molecular weight is 214 g/mol. The fraction of sp³-hybridized carbons (Fsp3) is 0.231. The molecule has 0 spiro atoms. The third-order valence-electron chi connectivity index (χ3n) is 2.79. The molecule has 1 aromatic heterocycles. The van der Waals surface area contributed by atoms with Gasteiger partial charge in [-0.1, -0.05) is 18.2 Å². The molecule has 0 aliphatic carbocycles. The lowest BCUT2D eigenvalue weighted by molar-refractivity contribution is 0.0990. The van der Waals surface area contributed by atoms with E-state index in [-0.39, 0.29) is 5.78 Å². The lowest BCUT2D eigenvalue weighted by Crippen LogP contribution is -2.07. The number of benzene rings is 1. The van der Waals surface area contributed by atoms with E-state index in [4.69, 9.17) is 0 Å². The molecule has 0 aliphatic heterocycles. The maximum Gasteiger partial charge on any atom is 0.170 e. The predicted molar refractivity (Wildman–Crippen MR) is 62.5 cm³/mol. The van der Waals surface area contributed by atoms with Crippen LogP contribution in [0.5, 0.6) is 0 Å². The van der Waals surface area contributed by atoms with Crippen LogP contribution in [0.25, 0.3) is 0 Å². The number of carbonyl (C=O) groups excluding carboxylic acids is 1. The van der Waals surface area contributed by atoms with Crippen LogP contribution in [0.3, 0.4) is 0 Å². The SMILES string of the molecule is Cc1cccc(C(=O)Cc2ncc[nH]2)c1C. The van der Waals surface area contributed by atoms with Crippen LogP contribution in [0, 0.1) is 13.8 Å². The fourth-order valence-corrected chi connectivity index (χ4v) is 1.70. The van der Waals surface area contributed by atoms with Gasteiger partial charge in [-0.15, -0.1) is 0 Å². The zero-order chi connectivity index (χ0) is 11.5. The van der Waals surface area contributed by atoms with Crippen LogP contribution in [0.1, 0.15) is 27.3 Å². The molecule has 0 radical (unpaired) electrons. The largest absolute Gasteiger partial charge is 0.348 e. The average Bonchev–Trinajstić information content (AvgIpc) is 2.74. The molecule has 0 bridgehead atoms. The number of aromatic nitrogens is 2. The Bertz CT molecular complexity index is 501. The molecular weight excluding hydrogens is 200 g/mol. The third kappa shape index (κ3) is 2.03. The highest BCUT2D eigenvalue weighted by molar-refractivity contribution is 5.98. The van der Waals surface area contributed by atoms with E-state index in [1.807, 2.05) is 32.0 Å². The first-order valence-corrected chi connectivity index (χ1v) is 5.26. The van der Waals surface area contributed by atoms with Crippen molar-refractivity contribution < 1.29 is 4.79 Å². The molecule has 1 N–H and O–H groups in total. The monoisotopic (exact) mass is 214 g/mol. The number of rotatable bonds is 3. The van der Waals surface area contributed by atoms with Crippen LogP contribution in [0.2, 0.25) is 0 Å². The van der Waals surface area contributed by atoms with Crippen molar-refractivity contribution >= 4 is 5.78 Å². The van der Waals surface area contributed by atoms with Crippen molar-refractivity contribution in [3.8, 4) is 0 Å². The van der Waals surface area contributed by atoms with Crippen LogP contribution in [0.15, 0.2) is 30.6 Å². The summed E-state index contributed by atoms with van der Waals surface area (Å²) in [5.74, 6) is 0.821. The minimum Gasteiger partial charge on any atom is -0.348 e. The summed E-state index contributed by atoms with van der Waals surface area (Å²) in [6, 6.07) is 5.80. The van der Waals surface area contributed by atoms with Gasteiger partial charge in [0.25, 0.3) is 0 Å². The maximum absolute atomic E-state index is 12.0. The lowest BCUT2D eigenvalue weighted by atomic mass is 9.99. The Hall–Kier alpha value is -1.90. The highest BCUT2D eigenvalue weighted by Crippen LogP contribution is 2.14. The van der Waals surface area contributed by atoms with Crippen molar-refractivity contribution in [1.29, 1.82) is 0 Å². The van der Waals surface area contributed by atoms with Gasteiger partial charge in [-0.2, -0.15) is 0 Å². The molecule has 0 fully saturated rings. The van der Waals surface area contributed by atoms with E-state index < -0.39 is 0 Å². The molecule has 0 saturated carbocycles. The first-order valence-electron chi connectivity index (χ1n) is 5.26. The first-order chi connectivity index (χ1) is 7.68. The molecule has 2 aromatic rings. The second-order valence-electron chi connectivity index (χ2n) is 3.88. The van der Waals surface area contributed by atoms with Gasteiger partial charge in [-0.25, -0.2) is 4.98 Å². The van der Waals surface area contributed by atoms with E-state index in [1.54, 1.807) is 12.4 Å². The molecule has 82 valence electrons. The number of carbonyl (C=O) groups is 1. The van der Waals surface area contributed by atoms with Crippen LogP contribution < -0.4 is 0 Å². The number of nitrogens with zero attached hydrogens (tertiary/aromatic N) is 1. The molecule has 0 saturated heterocycles. The molecule has 0 amide bonds. The molecule has 0 atom stereocenters.